The number of hydrogen-bond acceptors (Lipinski definition) is 5. The van der Waals surface area contributed by atoms with E-state index in [1.807, 2.05) is 30.3 Å². The van der Waals surface area contributed by atoms with Crippen molar-refractivity contribution in [2.75, 3.05) is 10.6 Å². The minimum Gasteiger partial charge on any atom is -0.350 e. The van der Waals surface area contributed by atoms with Gasteiger partial charge in [0.05, 0.1) is 0 Å². The summed E-state index contributed by atoms with van der Waals surface area (Å²) in [6.07, 6.45) is 3.28. The molecule has 166 valence electrons. The Hall–Kier alpha value is -4.19. The van der Waals surface area contributed by atoms with Crippen LogP contribution < -0.4 is 10.6 Å². The molecule has 0 unspecified atom stereocenters. The number of carbonyl (C=O) groups is 1. The summed E-state index contributed by atoms with van der Waals surface area (Å²) >= 11 is 0. The van der Waals surface area contributed by atoms with Crippen molar-refractivity contribution >= 4 is 23.9 Å². The van der Waals surface area contributed by atoms with Crippen LogP contribution >= 0.6 is 0 Å². The van der Waals surface area contributed by atoms with Crippen molar-refractivity contribution in [2.24, 2.45) is 0 Å². The van der Waals surface area contributed by atoms with E-state index in [9.17, 15) is 4.79 Å². The minimum atomic E-state index is -0.277. The summed E-state index contributed by atoms with van der Waals surface area (Å²) < 4.78 is 1.30. The number of aryl methyl sites for hydroxylation is 2. The molecular formula is C27H27N5O. The molecule has 2 N–H and O–H groups in total. The summed E-state index contributed by atoms with van der Waals surface area (Å²) in [6, 6.07) is 26.2. The van der Waals surface area contributed by atoms with Gasteiger partial charge in [-0.1, -0.05) is 90.0 Å². The van der Waals surface area contributed by atoms with Crippen molar-refractivity contribution in [3.05, 3.63) is 113 Å². The lowest BCUT2D eigenvalue weighted by Gasteiger charge is -2.06. The van der Waals surface area contributed by atoms with Crippen LogP contribution in [0.2, 0.25) is 0 Å². The van der Waals surface area contributed by atoms with E-state index in [1.54, 1.807) is 6.08 Å². The number of aromatic nitrogens is 3. The molecule has 6 heteroatoms. The van der Waals surface area contributed by atoms with Crippen LogP contribution in [0.3, 0.4) is 0 Å². The number of rotatable bonds is 8. The number of nitrogens with one attached hydrogen (secondary N) is 2. The van der Waals surface area contributed by atoms with Crippen molar-refractivity contribution in [1.29, 1.82) is 0 Å². The number of allylic oxidation sites excluding steroid dienone is 1. The average molecular weight is 438 g/mol. The van der Waals surface area contributed by atoms with Crippen LogP contribution in [0.1, 0.15) is 32.6 Å². The van der Waals surface area contributed by atoms with E-state index < -0.39 is 0 Å². The molecule has 1 aromatic heterocycles. The summed E-state index contributed by atoms with van der Waals surface area (Å²) in [5.74, 6) is 0.509. The zero-order chi connectivity index (χ0) is 23.0. The standard InChI is InChI=1S/C27H27N5O/c1-20-8-12-23(13-9-20)18-28-26-30-27(29-19-24-14-10-21(2)11-15-24)32(31-26)25(33)17-16-22-6-4-3-5-7-22/h3-17H,18-19H2,1-2H3,(H2,28,29,30,31)/b17-16+. The Morgan fingerprint density at radius 3 is 2.00 bits per heavy atom. The van der Waals surface area contributed by atoms with Gasteiger partial charge in [-0.3, -0.25) is 4.79 Å². The van der Waals surface area contributed by atoms with Crippen molar-refractivity contribution in [1.82, 2.24) is 14.8 Å². The van der Waals surface area contributed by atoms with Gasteiger partial charge in [-0.05, 0) is 36.6 Å². The maximum Gasteiger partial charge on any atom is 0.274 e. The highest BCUT2D eigenvalue weighted by Gasteiger charge is 2.14. The van der Waals surface area contributed by atoms with E-state index in [-0.39, 0.29) is 5.91 Å². The van der Waals surface area contributed by atoms with Gasteiger partial charge in [0.25, 0.3) is 5.91 Å². The van der Waals surface area contributed by atoms with Gasteiger partial charge in [0.1, 0.15) is 0 Å². The van der Waals surface area contributed by atoms with Crippen LogP contribution in [0.4, 0.5) is 11.9 Å². The fraction of sp³-hybridized carbons (Fsp3) is 0.148. The van der Waals surface area contributed by atoms with Gasteiger partial charge in [-0.15, -0.1) is 5.10 Å². The van der Waals surface area contributed by atoms with Crippen LogP contribution in [-0.2, 0) is 13.1 Å². The SMILES string of the molecule is Cc1ccc(CNc2nc(NCc3ccc(C)cc3)n(C(=O)/C=C/c3ccccc3)n2)cc1. The van der Waals surface area contributed by atoms with Crippen LogP contribution in [0.5, 0.6) is 0 Å². The molecule has 4 aromatic rings. The third kappa shape index (κ3) is 6.17. The Balaban J connectivity index is 1.52. The van der Waals surface area contributed by atoms with Gasteiger partial charge < -0.3 is 10.6 Å². The maximum atomic E-state index is 12.9. The lowest BCUT2D eigenvalue weighted by atomic mass is 10.1. The molecule has 0 saturated carbocycles. The zero-order valence-electron chi connectivity index (χ0n) is 18.8. The number of hydrogen-bond donors (Lipinski definition) is 2. The summed E-state index contributed by atoms with van der Waals surface area (Å²) in [5.41, 5.74) is 5.56. The summed E-state index contributed by atoms with van der Waals surface area (Å²) in [4.78, 5) is 17.5. The highest BCUT2D eigenvalue weighted by Crippen LogP contribution is 2.14. The maximum absolute atomic E-state index is 12.9. The lowest BCUT2D eigenvalue weighted by Crippen LogP contribution is -2.14. The van der Waals surface area contributed by atoms with E-state index in [0.717, 1.165) is 16.7 Å². The third-order valence-corrected chi connectivity index (χ3v) is 5.18. The second kappa shape index (κ2) is 10.4. The molecule has 1 heterocycles. The fourth-order valence-electron chi connectivity index (χ4n) is 3.23. The van der Waals surface area contributed by atoms with Gasteiger partial charge in [-0.25, -0.2) is 0 Å². The number of anilines is 2. The van der Waals surface area contributed by atoms with Crippen molar-refractivity contribution in [2.45, 2.75) is 26.9 Å². The monoisotopic (exact) mass is 437 g/mol. The number of carbonyl (C=O) groups excluding carboxylic acids is 1. The van der Waals surface area contributed by atoms with Crippen LogP contribution in [-0.4, -0.2) is 20.7 Å². The van der Waals surface area contributed by atoms with Gasteiger partial charge in [0, 0.05) is 19.2 Å². The topological polar surface area (TPSA) is 71.8 Å². The molecule has 4 rings (SSSR count). The minimum absolute atomic E-state index is 0.277. The molecule has 0 aliphatic rings. The molecule has 0 spiro atoms. The van der Waals surface area contributed by atoms with E-state index in [4.69, 9.17) is 0 Å². The summed E-state index contributed by atoms with van der Waals surface area (Å²) in [7, 11) is 0. The molecule has 0 aliphatic heterocycles. The van der Waals surface area contributed by atoms with Gasteiger partial charge >= 0.3 is 0 Å². The summed E-state index contributed by atoms with van der Waals surface area (Å²) in [5, 5.41) is 10.9. The predicted molar refractivity (Wildman–Crippen MR) is 133 cm³/mol. The van der Waals surface area contributed by atoms with Crippen molar-refractivity contribution < 1.29 is 4.79 Å². The first-order valence-electron chi connectivity index (χ1n) is 10.9. The molecule has 0 amide bonds. The average Bonchev–Trinajstić information content (AvgIpc) is 3.26. The molecule has 0 aliphatic carbocycles. The number of benzene rings is 3. The van der Waals surface area contributed by atoms with E-state index in [0.29, 0.717) is 25.0 Å². The Morgan fingerprint density at radius 1 is 0.818 bits per heavy atom. The second-order valence-corrected chi connectivity index (χ2v) is 7.93. The van der Waals surface area contributed by atoms with Gasteiger partial charge in [0.2, 0.25) is 11.9 Å². The van der Waals surface area contributed by atoms with E-state index in [1.165, 1.54) is 21.9 Å². The highest BCUT2D eigenvalue weighted by atomic mass is 16.2. The van der Waals surface area contributed by atoms with Crippen LogP contribution in [0.25, 0.3) is 6.08 Å². The van der Waals surface area contributed by atoms with Gasteiger partial charge in [0.15, 0.2) is 0 Å². The molecule has 33 heavy (non-hydrogen) atoms. The molecule has 0 fully saturated rings. The van der Waals surface area contributed by atoms with E-state index in [2.05, 4.69) is 83.1 Å². The molecule has 3 aromatic carbocycles. The largest absolute Gasteiger partial charge is 0.350 e. The molecule has 6 nitrogen and oxygen atoms in total. The smallest absolute Gasteiger partial charge is 0.274 e. The fourth-order valence-corrected chi connectivity index (χ4v) is 3.23. The Kier molecular flexibility index (Phi) is 6.95. The molecule has 0 bridgehead atoms. The normalized spacial score (nSPS) is 11.0. The molecular weight excluding hydrogens is 410 g/mol. The van der Waals surface area contributed by atoms with Crippen molar-refractivity contribution in [3.63, 3.8) is 0 Å². The first-order chi connectivity index (χ1) is 16.1. The number of nitrogens with zero attached hydrogens (tertiary/aromatic N) is 3. The Bertz CT molecular complexity index is 1230. The second-order valence-electron chi connectivity index (χ2n) is 7.93. The zero-order valence-corrected chi connectivity index (χ0v) is 18.8. The summed E-state index contributed by atoms with van der Waals surface area (Å²) in [6.45, 7) is 5.21. The Labute approximate surface area is 194 Å². The lowest BCUT2D eigenvalue weighted by molar-refractivity contribution is 0.0957. The van der Waals surface area contributed by atoms with E-state index >= 15 is 0 Å². The predicted octanol–water partition coefficient (Wildman–Crippen LogP) is 5.47. The molecule has 0 atom stereocenters. The quantitative estimate of drug-likeness (QED) is 0.358. The molecule has 0 saturated heterocycles. The van der Waals surface area contributed by atoms with Gasteiger partial charge in [-0.2, -0.15) is 9.67 Å². The third-order valence-electron chi connectivity index (χ3n) is 5.18. The first-order valence-corrected chi connectivity index (χ1v) is 10.9. The first kappa shape index (κ1) is 22.0. The molecule has 0 radical (unpaired) electrons. The van der Waals surface area contributed by atoms with Crippen molar-refractivity contribution in [3.8, 4) is 0 Å². The highest BCUT2D eigenvalue weighted by molar-refractivity contribution is 5.94. The Morgan fingerprint density at radius 2 is 1.39 bits per heavy atom. The van der Waals surface area contributed by atoms with Crippen LogP contribution in [0, 0.1) is 13.8 Å². The van der Waals surface area contributed by atoms with Crippen LogP contribution in [0.15, 0.2) is 84.9 Å².